The number of anilines is 1. The van der Waals surface area contributed by atoms with Crippen molar-refractivity contribution < 1.29 is 9.59 Å². The van der Waals surface area contributed by atoms with Gasteiger partial charge in [0.05, 0.1) is 6.54 Å². The number of amides is 2. The molecule has 6 heteroatoms. The molecule has 0 spiro atoms. The smallest absolute Gasteiger partial charge is 0.253 e. The predicted molar refractivity (Wildman–Crippen MR) is 118 cm³/mol. The highest BCUT2D eigenvalue weighted by atomic mass is 35.5. The maximum absolute atomic E-state index is 12.7. The molecule has 29 heavy (non-hydrogen) atoms. The van der Waals surface area contributed by atoms with Gasteiger partial charge in [0.25, 0.3) is 5.91 Å². The molecule has 1 aliphatic heterocycles. The van der Waals surface area contributed by atoms with Crippen LogP contribution >= 0.6 is 11.6 Å². The lowest BCUT2D eigenvalue weighted by atomic mass is 10.0. The number of carbonyl (C=O) groups excluding carboxylic acids is 2. The Hall–Kier alpha value is -2.37. The molecule has 1 saturated heterocycles. The standard InChI is InChI=1S/C23H28ClN3O2/c1-17(2)18-7-9-21(10-8-18)25-22(28)16-26-11-4-12-27(14-13-26)23(29)19-5-3-6-20(24)15-19/h3,5-10,15,17H,4,11-14,16H2,1-2H3,(H,25,28). The fourth-order valence-corrected chi connectivity index (χ4v) is 3.68. The van der Waals surface area contributed by atoms with Gasteiger partial charge in [0, 0.05) is 42.5 Å². The number of nitrogens with zero attached hydrogens (tertiary/aromatic N) is 2. The first-order valence-electron chi connectivity index (χ1n) is 10.1. The highest BCUT2D eigenvalue weighted by Gasteiger charge is 2.21. The van der Waals surface area contributed by atoms with Crippen molar-refractivity contribution in [1.82, 2.24) is 9.80 Å². The lowest BCUT2D eigenvalue weighted by molar-refractivity contribution is -0.117. The summed E-state index contributed by atoms with van der Waals surface area (Å²) in [5.74, 6) is 0.426. The van der Waals surface area contributed by atoms with E-state index in [2.05, 4.69) is 24.1 Å². The Labute approximate surface area is 177 Å². The summed E-state index contributed by atoms with van der Waals surface area (Å²) >= 11 is 6.01. The van der Waals surface area contributed by atoms with Gasteiger partial charge < -0.3 is 10.2 Å². The molecule has 154 valence electrons. The predicted octanol–water partition coefficient (Wildman–Crippen LogP) is 4.25. The van der Waals surface area contributed by atoms with Crippen molar-refractivity contribution in [1.29, 1.82) is 0 Å². The van der Waals surface area contributed by atoms with Crippen molar-refractivity contribution >= 4 is 29.1 Å². The molecule has 0 bridgehead atoms. The Balaban J connectivity index is 1.51. The number of nitrogens with one attached hydrogen (secondary N) is 1. The van der Waals surface area contributed by atoms with E-state index in [9.17, 15) is 9.59 Å². The molecule has 2 amide bonds. The molecule has 2 aromatic rings. The third-order valence-corrected chi connectivity index (χ3v) is 5.41. The molecule has 0 atom stereocenters. The second-order valence-corrected chi connectivity index (χ2v) is 8.19. The quantitative estimate of drug-likeness (QED) is 0.797. The Morgan fingerprint density at radius 2 is 1.79 bits per heavy atom. The fourth-order valence-electron chi connectivity index (χ4n) is 3.49. The highest BCUT2D eigenvalue weighted by molar-refractivity contribution is 6.30. The summed E-state index contributed by atoms with van der Waals surface area (Å²) in [5.41, 5.74) is 2.67. The number of hydrogen-bond acceptors (Lipinski definition) is 3. The second-order valence-electron chi connectivity index (χ2n) is 7.76. The summed E-state index contributed by atoms with van der Waals surface area (Å²) in [5, 5.41) is 3.53. The SMILES string of the molecule is CC(C)c1ccc(NC(=O)CN2CCCN(C(=O)c3cccc(Cl)c3)CC2)cc1. The fraction of sp³-hybridized carbons (Fsp3) is 0.391. The molecule has 1 N–H and O–H groups in total. The van der Waals surface area contributed by atoms with Crippen molar-refractivity contribution in [2.75, 3.05) is 38.0 Å². The van der Waals surface area contributed by atoms with Crippen LogP contribution in [0.1, 0.15) is 42.1 Å². The maximum Gasteiger partial charge on any atom is 0.253 e. The summed E-state index contributed by atoms with van der Waals surface area (Å²) < 4.78 is 0. The van der Waals surface area contributed by atoms with Crippen LogP contribution in [0.25, 0.3) is 0 Å². The number of benzene rings is 2. The first kappa shape index (κ1) is 21.3. The number of carbonyl (C=O) groups is 2. The van der Waals surface area contributed by atoms with E-state index < -0.39 is 0 Å². The average Bonchev–Trinajstić information content (AvgIpc) is 2.93. The molecular weight excluding hydrogens is 386 g/mol. The average molecular weight is 414 g/mol. The summed E-state index contributed by atoms with van der Waals surface area (Å²) in [4.78, 5) is 29.1. The van der Waals surface area contributed by atoms with Crippen LogP contribution in [0.15, 0.2) is 48.5 Å². The zero-order chi connectivity index (χ0) is 20.8. The first-order valence-corrected chi connectivity index (χ1v) is 10.5. The van der Waals surface area contributed by atoms with E-state index in [0.717, 1.165) is 18.7 Å². The lowest BCUT2D eigenvalue weighted by Crippen LogP contribution is -2.38. The van der Waals surface area contributed by atoms with Gasteiger partial charge in [-0.1, -0.05) is 43.6 Å². The summed E-state index contributed by atoms with van der Waals surface area (Å²) in [6, 6.07) is 15.0. The third kappa shape index (κ3) is 6.05. The van der Waals surface area contributed by atoms with Gasteiger partial charge in [0.2, 0.25) is 5.91 Å². The van der Waals surface area contributed by atoms with Gasteiger partial charge in [-0.2, -0.15) is 0 Å². The van der Waals surface area contributed by atoms with Crippen molar-refractivity contribution in [3.05, 3.63) is 64.7 Å². The number of rotatable bonds is 5. The van der Waals surface area contributed by atoms with E-state index in [4.69, 9.17) is 11.6 Å². The third-order valence-electron chi connectivity index (χ3n) is 5.18. The molecule has 3 rings (SSSR count). The Bertz CT molecular complexity index is 851. The molecule has 0 saturated carbocycles. The van der Waals surface area contributed by atoms with E-state index in [1.54, 1.807) is 24.3 Å². The molecule has 1 heterocycles. The van der Waals surface area contributed by atoms with Crippen LogP contribution in [-0.4, -0.2) is 54.3 Å². The maximum atomic E-state index is 12.7. The van der Waals surface area contributed by atoms with Crippen LogP contribution in [-0.2, 0) is 4.79 Å². The molecule has 0 aliphatic carbocycles. The number of halogens is 1. The number of hydrogen-bond donors (Lipinski definition) is 1. The summed E-state index contributed by atoms with van der Waals surface area (Å²) in [6.45, 7) is 7.36. The molecule has 0 radical (unpaired) electrons. The zero-order valence-electron chi connectivity index (χ0n) is 17.0. The summed E-state index contributed by atoms with van der Waals surface area (Å²) in [7, 11) is 0. The van der Waals surface area contributed by atoms with Crippen molar-refractivity contribution in [3.8, 4) is 0 Å². The van der Waals surface area contributed by atoms with Crippen LogP contribution in [0.3, 0.4) is 0 Å². The first-order chi connectivity index (χ1) is 13.9. The van der Waals surface area contributed by atoms with Crippen molar-refractivity contribution in [2.24, 2.45) is 0 Å². The topological polar surface area (TPSA) is 52.7 Å². The van der Waals surface area contributed by atoms with Crippen LogP contribution in [0.4, 0.5) is 5.69 Å². The normalized spacial score (nSPS) is 15.2. The molecule has 1 aliphatic rings. The van der Waals surface area contributed by atoms with E-state index in [1.165, 1.54) is 5.56 Å². The lowest BCUT2D eigenvalue weighted by Gasteiger charge is -2.22. The summed E-state index contributed by atoms with van der Waals surface area (Å²) in [6.07, 6.45) is 0.836. The zero-order valence-corrected chi connectivity index (χ0v) is 17.8. The van der Waals surface area contributed by atoms with Crippen LogP contribution < -0.4 is 5.32 Å². The van der Waals surface area contributed by atoms with E-state index in [1.807, 2.05) is 29.2 Å². The molecule has 2 aromatic carbocycles. The van der Waals surface area contributed by atoms with Gasteiger partial charge in [-0.3, -0.25) is 14.5 Å². The monoisotopic (exact) mass is 413 g/mol. The van der Waals surface area contributed by atoms with Gasteiger partial charge in [0.1, 0.15) is 0 Å². The molecular formula is C23H28ClN3O2. The van der Waals surface area contributed by atoms with Gasteiger partial charge in [-0.25, -0.2) is 0 Å². The van der Waals surface area contributed by atoms with Crippen molar-refractivity contribution in [2.45, 2.75) is 26.2 Å². The Kier molecular flexibility index (Phi) is 7.29. The minimum atomic E-state index is -0.0306. The van der Waals surface area contributed by atoms with Crippen LogP contribution in [0, 0.1) is 0 Å². The highest BCUT2D eigenvalue weighted by Crippen LogP contribution is 2.17. The molecule has 5 nitrogen and oxygen atoms in total. The van der Waals surface area contributed by atoms with Gasteiger partial charge in [-0.15, -0.1) is 0 Å². The minimum Gasteiger partial charge on any atom is -0.337 e. The van der Waals surface area contributed by atoms with Crippen molar-refractivity contribution in [3.63, 3.8) is 0 Å². The second kappa shape index (κ2) is 9.90. The largest absolute Gasteiger partial charge is 0.337 e. The Morgan fingerprint density at radius 3 is 2.48 bits per heavy atom. The molecule has 0 unspecified atom stereocenters. The minimum absolute atomic E-state index is 0.0101. The van der Waals surface area contributed by atoms with E-state index in [-0.39, 0.29) is 11.8 Å². The van der Waals surface area contributed by atoms with Crippen LogP contribution in [0.2, 0.25) is 5.02 Å². The van der Waals surface area contributed by atoms with Crippen LogP contribution in [0.5, 0.6) is 0 Å². The molecule has 1 fully saturated rings. The van der Waals surface area contributed by atoms with E-state index >= 15 is 0 Å². The van der Waals surface area contributed by atoms with Gasteiger partial charge in [0.15, 0.2) is 0 Å². The van der Waals surface area contributed by atoms with E-state index in [0.29, 0.717) is 42.7 Å². The van der Waals surface area contributed by atoms with Gasteiger partial charge in [-0.05, 0) is 48.2 Å². The Morgan fingerprint density at radius 1 is 1.03 bits per heavy atom. The molecule has 0 aromatic heterocycles. The van der Waals surface area contributed by atoms with Gasteiger partial charge >= 0.3 is 0 Å².